The van der Waals surface area contributed by atoms with E-state index in [0.717, 1.165) is 39.6 Å². The lowest BCUT2D eigenvalue weighted by Gasteiger charge is -2.22. The van der Waals surface area contributed by atoms with E-state index in [4.69, 9.17) is 4.98 Å². The Kier molecular flexibility index (Phi) is 7.26. The van der Waals surface area contributed by atoms with Crippen LogP contribution in [0.4, 0.5) is 15.6 Å². The Morgan fingerprint density at radius 3 is 2.41 bits per heavy atom. The molecule has 1 heterocycles. The predicted molar refractivity (Wildman–Crippen MR) is 136 cm³/mol. The van der Waals surface area contributed by atoms with Crippen molar-refractivity contribution in [1.29, 1.82) is 0 Å². The third-order valence-electron chi connectivity index (χ3n) is 6.17. The summed E-state index contributed by atoms with van der Waals surface area (Å²) < 4.78 is 0. The van der Waals surface area contributed by atoms with Crippen LogP contribution in [-0.4, -0.2) is 17.6 Å². The van der Waals surface area contributed by atoms with Gasteiger partial charge in [-0.15, -0.1) is 11.3 Å². The molecule has 1 aliphatic rings. The second-order valence-electron chi connectivity index (χ2n) is 8.93. The van der Waals surface area contributed by atoms with Gasteiger partial charge in [-0.1, -0.05) is 56.5 Å². The molecule has 32 heavy (non-hydrogen) atoms. The number of aromatic nitrogens is 1. The number of anilines is 2. The third kappa shape index (κ3) is 5.39. The van der Waals surface area contributed by atoms with Crippen LogP contribution in [0.1, 0.15) is 68.1 Å². The zero-order chi connectivity index (χ0) is 22.5. The average molecular weight is 448 g/mol. The number of benzene rings is 2. The van der Waals surface area contributed by atoms with Crippen LogP contribution in [0.3, 0.4) is 0 Å². The van der Waals surface area contributed by atoms with Gasteiger partial charge in [0.2, 0.25) is 0 Å². The molecule has 1 fully saturated rings. The Labute approximate surface area is 195 Å². The first kappa shape index (κ1) is 22.5. The van der Waals surface area contributed by atoms with E-state index in [1.165, 1.54) is 49.0 Å². The SMILES string of the molecule is CCCN(C(=O)Nc1cc(C)cc(C)c1)c1nc(-c2ccc(C3CCCCC3)cc2)cs1. The number of hydrogen-bond acceptors (Lipinski definition) is 3. The van der Waals surface area contributed by atoms with Gasteiger partial charge < -0.3 is 5.32 Å². The molecule has 5 heteroatoms. The predicted octanol–water partition coefficient (Wildman–Crippen LogP) is 7.92. The number of aryl methyl sites for hydroxylation is 2. The molecule has 0 saturated heterocycles. The highest BCUT2D eigenvalue weighted by Crippen LogP contribution is 2.34. The van der Waals surface area contributed by atoms with Crippen LogP contribution in [0, 0.1) is 13.8 Å². The van der Waals surface area contributed by atoms with E-state index in [0.29, 0.717) is 12.5 Å². The molecule has 0 atom stereocenters. The summed E-state index contributed by atoms with van der Waals surface area (Å²) in [4.78, 5) is 19.6. The highest BCUT2D eigenvalue weighted by atomic mass is 32.1. The Morgan fingerprint density at radius 2 is 1.75 bits per heavy atom. The van der Waals surface area contributed by atoms with Crippen LogP contribution in [0.25, 0.3) is 11.3 Å². The number of nitrogens with zero attached hydrogens (tertiary/aromatic N) is 2. The number of rotatable bonds is 6. The summed E-state index contributed by atoms with van der Waals surface area (Å²) in [5, 5.41) is 5.84. The molecule has 2 aromatic carbocycles. The van der Waals surface area contributed by atoms with Gasteiger partial charge in [0.25, 0.3) is 0 Å². The van der Waals surface area contributed by atoms with Crippen LogP contribution in [0.15, 0.2) is 47.8 Å². The first-order chi connectivity index (χ1) is 15.5. The van der Waals surface area contributed by atoms with Crippen molar-refractivity contribution < 1.29 is 4.79 Å². The number of carbonyl (C=O) groups excluding carboxylic acids is 1. The van der Waals surface area contributed by atoms with Gasteiger partial charge in [-0.05, 0) is 67.9 Å². The molecule has 0 radical (unpaired) electrons. The van der Waals surface area contributed by atoms with Crippen molar-refractivity contribution in [1.82, 2.24) is 4.98 Å². The second kappa shape index (κ2) is 10.3. The number of nitrogens with one attached hydrogen (secondary N) is 1. The summed E-state index contributed by atoms with van der Waals surface area (Å²) >= 11 is 1.52. The lowest BCUT2D eigenvalue weighted by molar-refractivity contribution is 0.257. The molecule has 1 saturated carbocycles. The first-order valence-corrected chi connectivity index (χ1v) is 12.6. The summed E-state index contributed by atoms with van der Waals surface area (Å²) in [6.45, 7) is 6.79. The zero-order valence-corrected chi connectivity index (χ0v) is 20.2. The fourth-order valence-electron chi connectivity index (χ4n) is 4.63. The van der Waals surface area contributed by atoms with Crippen LogP contribution in [0.2, 0.25) is 0 Å². The van der Waals surface area contributed by atoms with Gasteiger partial charge in [-0.2, -0.15) is 0 Å². The van der Waals surface area contributed by atoms with Gasteiger partial charge >= 0.3 is 6.03 Å². The van der Waals surface area contributed by atoms with Gasteiger partial charge in [0.1, 0.15) is 0 Å². The number of urea groups is 1. The summed E-state index contributed by atoms with van der Waals surface area (Å²) in [5.74, 6) is 0.706. The van der Waals surface area contributed by atoms with Gasteiger partial charge in [0, 0.05) is 23.2 Å². The van der Waals surface area contributed by atoms with Crippen molar-refractivity contribution in [3.8, 4) is 11.3 Å². The van der Waals surface area contributed by atoms with E-state index in [1.807, 2.05) is 26.0 Å². The molecule has 4 rings (SSSR count). The minimum Gasteiger partial charge on any atom is -0.307 e. The normalized spacial score (nSPS) is 14.3. The van der Waals surface area contributed by atoms with Crippen LogP contribution >= 0.6 is 11.3 Å². The van der Waals surface area contributed by atoms with Crippen molar-refractivity contribution in [2.45, 2.75) is 65.2 Å². The standard InChI is InChI=1S/C27H33N3OS/c1-4-14-30(26(31)28-24-16-19(2)15-20(3)17-24)27-29-25(18-32-27)23-12-10-22(11-13-23)21-8-6-5-7-9-21/h10-13,15-18,21H,4-9,14H2,1-3H3,(H,28,31). The third-order valence-corrected chi connectivity index (χ3v) is 7.03. The zero-order valence-electron chi connectivity index (χ0n) is 19.4. The van der Waals surface area contributed by atoms with Crippen molar-refractivity contribution in [3.63, 3.8) is 0 Å². The highest BCUT2D eigenvalue weighted by Gasteiger charge is 2.20. The molecule has 168 valence electrons. The maximum atomic E-state index is 13.1. The lowest BCUT2D eigenvalue weighted by Crippen LogP contribution is -2.35. The minimum atomic E-state index is -0.134. The molecule has 2 amide bonds. The first-order valence-electron chi connectivity index (χ1n) is 11.8. The Morgan fingerprint density at radius 1 is 1.06 bits per heavy atom. The maximum Gasteiger partial charge on any atom is 0.328 e. The van der Waals surface area contributed by atoms with Gasteiger partial charge in [-0.3, -0.25) is 4.90 Å². The molecule has 0 aliphatic heterocycles. The Bertz CT molecular complexity index is 1030. The summed E-state index contributed by atoms with van der Waals surface area (Å²) in [5.41, 5.74) is 6.58. The van der Waals surface area contributed by atoms with Crippen molar-refractivity contribution in [2.24, 2.45) is 0 Å². The lowest BCUT2D eigenvalue weighted by atomic mass is 9.84. The maximum absolute atomic E-state index is 13.1. The molecule has 0 bridgehead atoms. The molecular weight excluding hydrogens is 414 g/mol. The Hall–Kier alpha value is -2.66. The second-order valence-corrected chi connectivity index (χ2v) is 9.77. The summed E-state index contributed by atoms with van der Waals surface area (Å²) in [7, 11) is 0. The fourth-order valence-corrected chi connectivity index (χ4v) is 5.49. The fraction of sp³-hybridized carbons (Fsp3) is 0.407. The number of amides is 2. The van der Waals surface area contributed by atoms with Crippen molar-refractivity contribution in [2.75, 3.05) is 16.8 Å². The molecule has 4 nitrogen and oxygen atoms in total. The van der Waals surface area contributed by atoms with E-state index in [9.17, 15) is 4.79 Å². The number of thiazole rings is 1. The molecular formula is C27H33N3OS. The van der Waals surface area contributed by atoms with E-state index >= 15 is 0 Å². The monoisotopic (exact) mass is 447 g/mol. The van der Waals surface area contributed by atoms with Gasteiger partial charge in [0.05, 0.1) is 5.69 Å². The minimum absolute atomic E-state index is 0.134. The topological polar surface area (TPSA) is 45.2 Å². The van der Waals surface area contributed by atoms with Crippen LogP contribution in [0.5, 0.6) is 0 Å². The van der Waals surface area contributed by atoms with E-state index in [-0.39, 0.29) is 6.03 Å². The Balaban J connectivity index is 1.49. The molecule has 0 spiro atoms. The van der Waals surface area contributed by atoms with Crippen molar-refractivity contribution >= 4 is 28.2 Å². The number of hydrogen-bond donors (Lipinski definition) is 1. The van der Waals surface area contributed by atoms with Gasteiger partial charge in [0.15, 0.2) is 5.13 Å². The van der Waals surface area contributed by atoms with Crippen LogP contribution in [-0.2, 0) is 0 Å². The van der Waals surface area contributed by atoms with E-state index in [1.54, 1.807) is 4.90 Å². The van der Waals surface area contributed by atoms with E-state index < -0.39 is 0 Å². The summed E-state index contributed by atoms with van der Waals surface area (Å²) in [6, 6.07) is 14.9. The van der Waals surface area contributed by atoms with E-state index in [2.05, 4.69) is 48.0 Å². The molecule has 1 N–H and O–H groups in total. The smallest absolute Gasteiger partial charge is 0.307 e. The average Bonchev–Trinajstić information content (AvgIpc) is 3.27. The van der Waals surface area contributed by atoms with Gasteiger partial charge in [-0.25, -0.2) is 9.78 Å². The molecule has 0 unspecified atom stereocenters. The molecule has 1 aromatic heterocycles. The molecule has 1 aliphatic carbocycles. The summed E-state index contributed by atoms with van der Waals surface area (Å²) in [6.07, 6.45) is 7.55. The van der Waals surface area contributed by atoms with Crippen LogP contribution < -0.4 is 10.2 Å². The quantitative estimate of drug-likeness (QED) is 0.417. The number of carbonyl (C=O) groups is 1. The molecule has 3 aromatic rings. The largest absolute Gasteiger partial charge is 0.328 e. The highest BCUT2D eigenvalue weighted by molar-refractivity contribution is 7.14. The van der Waals surface area contributed by atoms with Crippen molar-refractivity contribution in [3.05, 3.63) is 64.5 Å².